The van der Waals surface area contributed by atoms with Crippen LogP contribution in [0.5, 0.6) is 34.5 Å². The zero-order chi connectivity index (χ0) is 135. The minimum Gasteiger partial charge on any atom is -0.485 e. The lowest BCUT2D eigenvalue weighted by molar-refractivity contribution is 0.193. The molecule has 0 saturated carbocycles. The van der Waals surface area contributed by atoms with Gasteiger partial charge in [0.05, 0.1) is 27.4 Å². The molecule has 4 aromatic heterocycles. The summed E-state index contributed by atoms with van der Waals surface area (Å²) in [6.07, 6.45) is -19.9. The molecule has 4 heterocycles. The minimum absolute atomic E-state index is 0.130. The van der Waals surface area contributed by atoms with E-state index in [9.17, 15) is 0 Å². The summed E-state index contributed by atoms with van der Waals surface area (Å²) in [7, 11) is 0. The highest BCUT2D eigenvalue weighted by Gasteiger charge is 2.22. The topological polar surface area (TPSA) is 128 Å². The van der Waals surface area contributed by atoms with Gasteiger partial charge in [-0.1, -0.05) is 267 Å². The maximum absolute atomic E-state index is 8.94. The van der Waals surface area contributed by atoms with Gasteiger partial charge in [0, 0.05) is 132 Å². The molecule has 0 bridgehead atoms. The molecule has 0 aliphatic rings. The monoisotopic (exact) mass is 1760 g/mol. The summed E-state index contributed by atoms with van der Waals surface area (Å²) in [6, 6.07) is 48.9. The van der Waals surface area contributed by atoms with Crippen LogP contribution >= 0.6 is 45.3 Å². The molecule has 16 heteroatoms. The summed E-state index contributed by atoms with van der Waals surface area (Å²) in [5.74, 6) is -0.134. The fourth-order valence-corrected chi connectivity index (χ4v) is 14.2. The first-order chi connectivity index (χ1) is 82.7. The second-order valence-electron chi connectivity index (χ2n) is 24.6. The summed E-state index contributed by atoms with van der Waals surface area (Å²) in [5.41, 5.74) is -4.80. The molecular weight excluding hydrogens is 1580 g/mol. The zero-order valence-corrected chi connectivity index (χ0v) is 67.8. The lowest BCUT2D eigenvalue weighted by Gasteiger charge is -2.20. The van der Waals surface area contributed by atoms with E-state index in [0.717, 1.165) is 58.6 Å². The quantitative estimate of drug-likeness (QED) is 0.0224. The third kappa shape index (κ3) is 28.6. The van der Waals surface area contributed by atoms with Crippen molar-refractivity contribution in [2.75, 3.05) is 80.9 Å². The summed E-state index contributed by atoms with van der Waals surface area (Å²) in [4.78, 5) is 3.09. The van der Waals surface area contributed by atoms with E-state index >= 15 is 0 Å². The Labute approximate surface area is 820 Å². The van der Waals surface area contributed by atoms with Crippen LogP contribution in [0.2, 0.25) is 0 Å². The standard InChI is InChI=1S/4C18H19NOS.2C17H21NO/c4*1-19-12-11-17(18-10-5-13-21-18)20-16-9-4-7-14-6-2-3-8-15(14)16;2*1-14-8-6-7-11-16(14)19-17(12-13-18-2)15-9-4-3-5-10-15/h4*2-10,13,17,19H,11-12H2,1H3;2*3-11,17-18H,12-13H2,1-2H3/i1D3,11D2,12D2;1D3,12D2;1D3,11D2;1D3;1D3,2D3,3D,4D,5D,6D,7D,8D,9D,10D,11D,12D2,13D2,17D;1D3,2D3,3D,4D,5D,6D,7D,8D,9D,10D,11D,13D2,17D. The molecule has 0 aliphatic carbocycles. The highest BCUT2D eigenvalue weighted by atomic mass is 32.1. The molecular formula is C106H118N6O6S4. The Morgan fingerprint density at radius 3 is 1.04 bits per heavy atom. The van der Waals surface area contributed by atoms with Crippen LogP contribution in [0.1, 0.15) is 196 Å². The third-order valence-corrected chi connectivity index (χ3v) is 20.5. The van der Waals surface area contributed by atoms with Crippen LogP contribution in [-0.2, 0) is 0 Å². The van der Waals surface area contributed by atoms with Gasteiger partial charge in [-0.2, -0.15) is 0 Å². The lowest BCUT2D eigenvalue weighted by atomic mass is 10.1. The summed E-state index contributed by atoms with van der Waals surface area (Å²) >= 11 is 5.67. The first kappa shape index (κ1) is 41.9. The Hall–Kier alpha value is -11.0. The molecule has 6 unspecified atom stereocenters. The lowest BCUT2D eigenvalue weighted by Crippen LogP contribution is -2.16. The van der Waals surface area contributed by atoms with Crippen molar-refractivity contribution in [1.82, 2.24) is 31.9 Å². The van der Waals surface area contributed by atoms with Crippen LogP contribution in [0.15, 0.2) is 349 Å². The highest BCUT2D eigenvalue weighted by molar-refractivity contribution is 7.10. The molecule has 0 radical (unpaired) electrons. The molecule has 6 N–H and O–H groups in total. The van der Waals surface area contributed by atoms with Crippen LogP contribution in [0.4, 0.5) is 0 Å². The number of thiophene rings is 4. The van der Waals surface area contributed by atoms with E-state index in [1.165, 1.54) is 39.3 Å². The van der Waals surface area contributed by atoms with E-state index in [4.69, 9.17) is 108 Å². The van der Waals surface area contributed by atoms with Crippen molar-refractivity contribution < 1.29 is 108 Å². The van der Waals surface area contributed by atoms with Gasteiger partial charge in [-0.3, -0.25) is 0 Å². The average Bonchev–Trinajstić information content (AvgIpc) is 0.878. The summed E-state index contributed by atoms with van der Waals surface area (Å²) in [6.45, 7) is -35.0. The summed E-state index contributed by atoms with van der Waals surface area (Å²) < 4.78 is 490. The van der Waals surface area contributed by atoms with E-state index in [2.05, 4.69) is 28.1 Å². The Morgan fingerprint density at radius 2 is 0.623 bits per heavy atom. The van der Waals surface area contributed by atoms with Crippen molar-refractivity contribution in [3.05, 3.63) is 390 Å². The second kappa shape index (κ2) is 51.7. The van der Waals surface area contributed by atoms with E-state index in [0.29, 0.717) is 40.0 Å². The zero-order valence-electron chi connectivity index (χ0n) is 123. The van der Waals surface area contributed by atoms with Crippen molar-refractivity contribution in [3.63, 3.8) is 0 Å². The molecule has 0 fully saturated rings. The predicted octanol–water partition coefficient (Wildman–Crippen LogP) is 26.0. The van der Waals surface area contributed by atoms with Crippen molar-refractivity contribution in [2.24, 2.45) is 0 Å². The normalized spacial score (nSPS) is 21.4. The van der Waals surface area contributed by atoms with Gasteiger partial charge in [0.1, 0.15) is 71.1 Å². The number of hydrogen-bond acceptors (Lipinski definition) is 16. The Morgan fingerprint density at radius 1 is 0.287 bits per heavy atom. The maximum atomic E-state index is 8.94. The molecule has 12 nitrogen and oxygen atoms in total. The van der Waals surface area contributed by atoms with Gasteiger partial charge in [-0.15, -0.1) is 45.3 Å². The molecule has 6 atom stereocenters. The fraction of sp³-hybridized carbons (Fsp3) is 0.245. The van der Waals surface area contributed by atoms with Crippen molar-refractivity contribution in [1.29, 1.82) is 0 Å². The van der Waals surface area contributed by atoms with Gasteiger partial charge in [-0.25, -0.2) is 0 Å². The van der Waals surface area contributed by atoms with E-state index in [1.807, 2.05) is 186 Å². The number of ether oxygens (including phenoxy) is 6. The molecule has 12 aromatic carbocycles. The van der Waals surface area contributed by atoms with Gasteiger partial charge >= 0.3 is 0 Å². The first-order valence-electron chi connectivity index (χ1n) is 65.9. The second-order valence-corrected chi connectivity index (χ2v) is 28.5. The van der Waals surface area contributed by atoms with E-state index in [1.54, 1.807) is 63.7 Å². The Bertz CT molecular complexity index is 8400. The van der Waals surface area contributed by atoms with Gasteiger partial charge in [0.25, 0.3) is 0 Å². The predicted molar refractivity (Wildman–Crippen MR) is 520 cm³/mol. The molecule has 122 heavy (non-hydrogen) atoms. The third-order valence-electron chi connectivity index (χ3n) is 16.7. The van der Waals surface area contributed by atoms with Crippen LogP contribution in [0, 0.1) is 13.7 Å². The minimum atomic E-state index is -4.08. The van der Waals surface area contributed by atoms with Gasteiger partial charge < -0.3 is 60.3 Å². The molecule has 0 spiro atoms. The van der Waals surface area contributed by atoms with Crippen LogP contribution in [0.3, 0.4) is 0 Å². The van der Waals surface area contributed by atoms with Crippen molar-refractivity contribution in [3.8, 4) is 34.5 Å². The Balaban J connectivity index is 0.000000202. The fourth-order valence-electron chi connectivity index (χ4n) is 11.3. The SMILES string of the molecule is [2H]C([2H])([2H])NC([2H])([2H])C([2H])([2H])C(Oc1cccc2ccccc12)c1cccs1.[2H]C([2H])([2H])NC([2H])([2H])CC(Oc1cccc2ccccc12)c1cccs1.[2H]C([2H])([2H])NCC([2H])([2H])C(Oc1cccc2ccccc12)c1cccs1.[2H]C([2H])([2H])NCCC(Oc1cccc2ccccc12)c1cccs1.[2H]c1c([2H])c([2H])c(C([2H])(CC([2H])([2H])NC([2H])([2H])[2H])Oc2c([2H])c([2H])c([2H])c([2H])c2C([2H])([2H])[2H])c([2H])c1[2H].[2H]c1c([2H])c([2H])c(C([2H])(Oc2c([2H])c([2H])c([2H])c([2H])c2C([2H])([2H])[2H])C([2H])([2H])C([2H])([2H])NC([2H])([2H])[2H])c([2H])c1[2H]. The first-order valence-corrected chi connectivity index (χ1v) is 40.4. The Kier molecular flexibility index (Phi) is 17.8. The number of para-hydroxylation sites is 2. The van der Waals surface area contributed by atoms with Crippen LogP contribution in [0.25, 0.3) is 43.1 Å². The smallest absolute Gasteiger partial charge is 0.134 e. The largest absolute Gasteiger partial charge is 0.485 e. The van der Waals surface area contributed by atoms with E-state index < -0.39 is 280 Å². The molecule has 0 amide bonds. The maximum Gasteiger partial charge on any atom is 0.134 e. The molecule has 16 aromatic rings. The number of hydrogen-bond donors (Lipinski definition) is 6. The molecule has 0 aliphatic heterocycles. The summed E-state index contributed by atoms with van der Waals surface area (Å²) in [5, 5.41) is 26.8. The van der Waals surface area contributed by atoms with Gasteiger partial charge in [0.15, 0.2) is 0 Å². The molecule has 16 rings (SSSR count). The van der Waals surface area contributed by atoms with Crippen molar-refractivity contribution in [2.45, 2.75) is 88.7 Å². The highest BCUT2D eigenvalue weighted by Crippen LogP contribution is 2.39. The van der Waals surface area contributed by atoms with E-state index in [-0.39, 0.29) is 19.1 Å². The van der Waals surface area contributed by atoms with Crippen LogP contribution in [-0.4, -0.2) is 80.9 Å². The van der Waals surface area contributed by atoms with Gasteiger partial charge in [0.2, 0.25) is 0 Å². The van der Waals surface area contributed by atoms with Gasteiger partial charge in [-0.05, 0) is 221 Å². The molecule has 632 valence electrons. The van der Waals surface area contributed by atoms with Crippen molar-refractivity contribution >= 4 is 88.4 Å². The number of fused-ring (bicyclic) bond motifs is 4. The average molecular weight is 1760 g/mol. The van der Waals surface area contributed by atoms with Crippen LogP contribution < -0.4 is 60.3 Å². The number of nitrogens with one attached hydrogen (secondary N) is 6. The number of benzene rings is 12. The number of rotatable bonds is 36. The molecule has 0 saturated heterocycles.